The Bertz CT molecular complexity index is 737. The van der Waals surface area contributed by atoms with Gasteiger partial charge in [0.25, 0.3) is 0 Å². The van der Waals surface area contributed by atoms with Crippen LogP contribution in [0.3, 0.4) is 0 Å². The second kappa shape index (κ2) is 22.5. The zero-order valence-corrected chi connectivity index (χ0v) is 24.3. The van der Waals surface area contributed by atoms with E-state index in [0.29, 0.717) is 6.42 Å². The third kappa shape index (κ3) is 21.6. The van der Waals surface area contributed by atoms with Crippen LogP contribution >= 0.6 is 0 Å². The first-order chi connectivity index (χ1) is 18.1. The van der Waals surface area contributed by atoms with Gasteiger partial charge in [0.05, 0.1) is 40.3 Å². The van der Waals surface area contributed by atoms with Crippen molar-refractivity contribution in [1.82, 2.24) is 0 Å². The van der Waals surface area contributed by atoms with E-state index in [-0.39, 0.29) is 36.7 Å². The number of ether oxygens (including phenoxy) is 3. The first-order valence-corrected chi connectivity index (χ1v) is 13.9. The molecule has 2 unspecified atom stereocenters. The highest BCUT2D eigenvalue weighted by Gasteiger charge is 2.25. The molecule has 0 fully saturated rings. The van der Waals surface area contributed by atoms with Crippen LogP contribution in [-0.4, -0.2) is 75.5 Å². The number of quaternary nitrogens is 1. The molecule has 0 aromatic rings. The highest BCUT2D eigenvalue weighted by Crippen LogP contribution is 2.11. The summed E-state index contributed by atoms with van der Waals surface area (Å²) in [6, 6.07) is -0.722. The Labute approximate surface area is 230 Å². The predicted molar refractivity (Wildman–Crippen MR) is 148 cm³/mol. The summed E-state index contributed by atoms with van der Waals surface area (Å²) in [6.07, 6.45) is 22.1. The first kappa shape index (κ1) is 35.5. The standard InChI is InChI=1S/C30H51NO7/c1-6-7-8-9-10-11-12-13-14-15-16-17-18-19-20-21-29(33)38-27(25-37-26(2)32)24-36-23-22-28(30(34)35)31(3,4)5/h7-8,10-11,13-14,27-28H,6,9,12,15-25H2,1-5H3/b8-7-,11-10-,14-13-. The molecule has 0 N–H and O–H groups in total. The van der Waals surface area contributed by atoms with Crippen LogP contribution in [0.25, 0.3) is 0 Å². The van der Waals surface area contributed by atoms with Gasteiger partial charge in [-0.15, -0.1) is 0 Å². The Kier molecular flexibility index (Phi) is 21.1. The van der Waals surface area contributed by atoms with E-state index >= 15 is 0 Å². The molecule has 0 heterocycles. The molecule has 0 rings (SSSR count). The number of hydrogen-bond acceptors (Lipinski definition) is 7. The van der Waals surface area contributed by atoms with Crippen LogP contribution < -0.4 is 5.11 Å². The van der Waals surface area contributed by atoms with Gasteiger partial charge in [-0.25, -0.2) is 0 Å². The third-order valence-corrected chi connectivity index (χ3v) is 5.85. The highest BCUT2D eigenvalue weighted by atomic mass is 16.6. The van der Waals surface area contributed by atoms with Crippen LogP contribution in [0, 0.1) is 0 Å². The largest absolute Gasteiger partial charge is 0.544 e. The van der Waals surface area contributed by atoms with Gasteiger partial charge in [0.15, 0.2) is 6.10 Å². The van der Waals surface area contributed by atoms with Crippen molar-refractivity contribution in [2.45, 2.75) is 96.6 Å². The van der Waals surface area contributed by atoms with Crippen molar-refractivity contribution >= 4 is 17.9 Å². The summed E-state index contributed by atoms with van der Waals surface area (Å²) in [5.74, 6) is -1.97. The van der Waals surface area contributed by atoms with Crippen molar-refractivity contribution in [3.8, 4) is 0 Å². The number of aliphatic carboxylic acids is 1. The monoisotopic (exact) mass is 537 g/mol. The fourth-order valence-corrected chi connectivity index (χ4v) is 3.69. The fraction of sp³-hybridized carbons (Fsp3) is 0.700. The molecule has 0 spiro atoms. The van der Waals surface area contributed by atoms with Crippen LogP contribution in [0.4, 0.5) is 0 Å². The smallest absolute Gasteiger partial charge is 0.306 e. The van der Waals surface area contributed by atoms with Crippen molar-refractivity contribution < 1.29 is 38.2 Å². The van der Waals surface area contributed by atoms with Gasteiger partial charge in [0.1, 0.15) is 12.6 Å². The Hall–Kier alpha value is -2.45. The summed E-state index contributed by atoms with van der Waals surface area (Å²) in [7, 11) is 5.32. The molecule has 0 bridgehead atoms. The molecule has 0 aromatic heterocycles. The van der Waals surface area contributed by atoms with Gasteiger partial charge in [-0.1, -0.05) is 62.6 Å². The van der Waals surface area contributed by atoms with Crippen molar-refractivity contribution in [3.05, 3.63) is 36.5 Å². The van der Waals surface area contributed by atoms with Crippen LogP contribution in [0.5, 0.6) is 0 Å². The molecule has 0 radical (unpaired) electrons. The minimum absolute atomic E-state index is 0.0230. The minimum atomic E-state index is -1.14. The molecule has 8 nitrogen and oxygen atoms in total. The van der Waals surface area contributed by atoms with Gasteiger partial charge in [-0.3, -0.25) is 9.59 Å². The van der Waals surface area contributed by atoms with Crippen molar-refractivity contribution in [3.63, 3.8) is 0 Å². The SMILES string of the molecule is CC/C=C\C/C=C\C/C=C\CCCCCCCC(=O)OC(COCCC(C(=O)[O-])[N+](C)(C)C)COC(C)=O. The molecule has 0 aliphatic rings. The third-order valence-electron chi connectivity index (χ3n) is 5.85. The number of carbonyl (C=O) groups excluding carboxylic acids is 3. The molecule has 218 valence electrons. The van der Waals surface area contributed by atoms with Crippen LogP contribution in [0.15, 0.2) is 36.5 Å². The Morgan fingerprint density at radius 2 is 1.45 bits per heavy atom. The van der Waals surface area contributed by atoms with E-state index < -0.39 is 24.1 Å². The Morgan fingerprint density at radius 1 is 0.842 bits per heavy atom. The topological polar surface area (TPSA) is 102 Å². The van der Waals surface area contributed by atoms with Gasteiger partial charge in [-0.2, -0.15) is 0 Å². The van der Waals surface area contributed by atoms with E-state index in [4.69, 9.17) is 14.2 Å². The molecule has 0 aliphatic carbocycles. The number of esters is 2. The number of nitrogens with zero attached hydrogens (tertiary/aromatic N) is 1. The lowest BCUT2D eigenvalue weighted by molar-refractivity contribution is -0.889. The molecule has 0 amide bonds. The lowest BCUT2D eigenvalue weighted by Crippen LogP contribution is -2.55. The number of carbonyl (C=O) groups is 3. The molecular formula is C30H51NO7. The molecule has 0 aromatic carbocycles. The van der Waals surface area contributed by atoms with Gasteiger partial charge in [0, 0.05) is 19.8 Å². The van der Waals surface area contributed by atoms with Crippen molar-refractivity contribution in [2.24, 2.45) is 0 Å². The quantitative estimate of drug-likeness (QED) is 0.0830. The summed E-state index contributed by atoms with van der Waals surface area (Å²) in [5, 5.41) is 11.4. The first-order valence-electron chi connectivity index (χ1n) is 13.9. The molecule has 2 atom stereocenters. The fourth-order valence-electron chi connectivity index (χ4n) is 3.69. The second-order valence-corrected chi connectivity index (χ2v) is 10.3. The van der Waals surface area contributed by atoms with E-state index in [1.165, 1.54) is 6.92 Å². The maximum atomic E-state index is 12.3. The second-order valence-electron chi connectivity index (χ2n) is 10.3. The predicted octanol–water partition coefficient (Wildman–Crippen LogP) is 4.28. The maximum Gasteiger partial charge on any atom is 0.306 e. The summed E-state index contributed by atoms with van der Waals surface area (Å²) in [6.45, 7) is 3.50. The van der Waals surface area contributed by atoms with E-state index in [0.717, 1.165) is 57.8 Å². The normalized spacial score (nSPS) is 13.8. The van der Waals surface area contributed by atoms with Crippen molar-refractivity contribution in [2.75, 3.05) is 41.0 Å². The van der Waals surface area contributed by atoms with Crippen LogP contribution in [-0.2, 0) is 28.6 Å². The van der Waals surface area contributed by atoms with Gasteiger partial charge in [-0.05, 0) is 38.5 Å². The molecule has 38 heavy (non-hydrogen) atoms. The minimum Gasteiger partial charge on any atom is -0.544 e. The Balaban J connectivity index is 4.11. The number of allylic oxidation sites excluding steroid dienone is 6. The van der Waals surface area contributed by atoms with E-state index in [1.54, 1.807) is 21.1 Å². The van der Waals surface area contributed by atoms with Crippen LogP contribution in [0.2, 0.25) is 0 Å². The maximum absolute atomic E-state index is 12.3. The average molecular weight is 538 g/mol. The van der Waals surface area contributed by atoms with Gasteiger partial charge >= 0.3 is 11.9 Å². The number of carboxylic acids is 1. The molecule has 0 saturated carbocycles. The summed E-state index contributed by atoms with van der Waals surface area (Å²) in [5.41, 5.74) is 0. The molecule has 0 saturated heterocycles. The lowest BCUT2D eigenvalue weighted by atomic mass is 10.1. The number of hydrogen-bond donors (Lipinski definition) is 0. The van der Waals surface area contributed by atoms with Gasteiger partial charge < -0.3 is 28.6 Å². The molecular weight excluding hydrogens is 486 g/mol. The van der Waals surface area contributed by atoms with Crippen LogP contribution in [0.1, 0.15) is 84.5 Å². The molecule has 0 aliphatic heterocycles. The summed E-state index contributed by atoms with van der Waals surface area (Å²) in [4.78, 5) is 34.8. The van der Waals surface area contributed by atoms with E-state index in [2.05, 4.69) is 43.4 Å². The zero-order chi connectivity index (χ0) is 28.7. The van der Waals surface area contributed by atoms with Crippen molar-refractivity contribution in [1.29, 1.82) is 0 Å². The number of rotatable bonds is 23. The zero-order valence-electron chi connectivity index (χ0n) is 24.3. The highest BCUT2D eigenvalue weighted by molar-refractivity contribution is 5.70. The lowest BCUT2D eigenvalue weighted by Gasteiger charge is -2.34. The van der Waals surface area contributed by atoms with E-state index in [1.807, 2.05) is 0 Å². The number of likely N-dealkylation sites (N-methyl/N-ethyl adjacent to an activating group) is 1. The van der Waals surface area contributed by atoms with E-state index in [9.17, 15) is 19.5 Å². The number of carboxylic acid groups (broad SMARTS) is 1. The number of unbranched alkanes of at least 4 members (excludes halogenated alkanes) is 5. The Morgan fingerprint density at radius 3 is 2.05 bits per heavy atom. The van der Waals surface area contributed by atoms with Gasteiger partial charge in [0.2, 0.25) is 0 Å². The molecule has 8 heteroatoms. The summed E-state index contributed by atoms with van der Waals surface area (Å²) < 4.78 is 16.2. The average Bonchev–Trinajstić information content (AvgIpc) is 2.83. The summed E-state index contributed by atoms with van der Waals surface area (Å²) >= 11 is 0.